The number of benzene rings is 2. The SMILES string of the molecule is COc1cccc(CNCc2cccc(CO)c2)c1. The number of ether oxygens (including phenoxy) is 1. The molecule has 2 N–H and O–H groups in total. The van der Waals surface area contributed by atoms with Crippen LogP contribution in [0.3, 0.4) is 0 Å². The van der Waals surface area contributed by atoms with Crippen molar-refractivity contribution >= 4 is 0 Å². The predicted molar refractivity (Wildman–Crippen MR) is 75.9 cm³/mol. The first-order valence-corrected chi connectivity index (χ1v) is 6.34. The fourth-order valence-electron chi connectivity index (χ4n) is 1.97. The summed E-state index contributed by atoms with van der Waals surface area (Å²) in [5.41, 5.74) is 3.31. The van der Waals surface area contributed by atoms with Gasteiger partial charge in [0, 0.05) is 13.1 Å². The summed E-state index contributed by atoms with van der Waals surface area (Å²) in [4.78, 5) is 0. The zero-order valence-electron chi connectivity index (χ0n) is 11.1. The van der Waals surface area contributed by atoms with Crippen molar-refractivity contribution in [2.75, 3.05) is 7.11 Å². The Morgan fingerprint density at radius 1 is 0.947 bits per heavy atom. The molecule has 0 amide bonds. The minimum atomic E-state index is 0.0870. The van der Waals surface area contributed by atoms with Gasteiger partial charge in [-0.2, -0.15) is 0 Å². The Balaban J connectivity index is 1.88. The van der Waals surface area contributed by atoms with Crippen LogP contribution in [0, 0.1) is 0 Å². The first kappa shape index (κ1) is 13.6. The highest BCUT2D eigenvalue weighted by molar-refractivity contribution is 5.28. The minimum absolute atomic E-state index is 0.0870. The number of aliphatic hydroxyl groups is 1. The number of hydrogen-bond donors (Lipinski definition) is 2. The molecule has 0 aromatic heterocycles. The largest absolute Gasteiger partial charge is 0.497 e. The summed E-state index contributed by atoms with van der Waals surface area (Å²) in [7, 11) is 1.67. The summed E-state index contributed by atoms with van der Waals surface area (Å²) in [6, 6.07) is 16.0. The average Bonchev–Trinajstić information content (AvgIpc) is 2.48. The smallest absolute Gasteiger partial charge is 0.119 e. The van der Waals surface area contributed by atoms with E-state index in [0.717, 1.165) is 24.4 Å². The van der Waals surface area contributed by atoms with E-state index < -0.39 is 0 Å². The molecule has 0 heterocycles. The molecule has 0 saturated carbocycles. The Morgan fingerprint density at radius 2 is 1.58 bits per heavy atom. The van der Waals surface area contributed by atoms with Crippen molar-refractivity contribution in [1.29, 1.82) is 0 Å². The quantitative estimate of drug-likeness (QED) is 0.835. The third-order valence-corrected chi connectivity index (χ3v) is 2.97. The lowest BCUT2D eigenvalue weighted by molar-refractivity contribution is 0.281. The van der Waals surface area contributed by atoms with Crippen molar-refractivity contribution in [3.05, 3.63) is 65.2 Å². The molecule has 3 heteroatoms. The van der Waals surface area contributed by atoms with Gasteiger partial charge in [0.15, 0.2) is 0 Å². The molecule has 19 heavy (non-hydrogen) atoms. The fourth-order valence-corrected chi connectivity index (χ4v) is 1.97. The van der Waals surface area contributed by atoms with Gasteiger partial charge in [-0.3, -0.25) is 0 Å². The number of rotatable bonds is 6. The molecule has 2 rings (SSSR count). The van der Waals surface area contributed by atoms with Crippen LogP contribution in [0.15, 0.2) is 48.5 Å². The number of hydrogen-bond acceptors (Lipinski definition) is 3. The Kier molecular flexibility index (Phi) is 4.95. The third kappa shape index (κ3) is 4.09. The summed E-state index contributed by atoms with van der Waals surface area (Å²) >= 11 is 0. The molecule has 0 atom stereocenters. The minimum Gasteiger partial charge on any atom is -0.497 e. The molecule has 0 bridgehead atoms. The van der Waals surface area contributed by atoms with Gasteiger partial charge >= 0.3 is 0 Å². The normalized spacial score (nSPS) is 10.4. The van der Waals surface area contributed by atoms with E-state index in [1.807, 2.05) is 36.4 Å². The zero-order valence-corrected chi connectivity index (χ0v) is 11.1. The lowest BCUT2D eigenvalue weighted by Crippen LogP contribution is -2.12. The summed E-state index contributed by atoms with van der Waals surface area (Å²) in [6.45, 7) is 1.66. The van der Waals surface area contributed by atoms with E-state index >= 15 is 0 Å². The lowest BCUT2D eigenvalue weighted by atomic mass is 10.1. The highest BCUT2D eigenvalue weighted by atomic mass is 16.5. The molecule has 0 radical (unpaired) electrons. The highest BCUT2D eigenvalue weighted by Gasteiger charge is 1.97. The first-order valence-electron chi connectivity index (χ1n) is 6.34. The Morgan fingerprint density at radius 3 is 2.26 bits per heavy atom. The Labute approximate surface area is 113 Å². The maximum absolute atomic E-state index is 9.09. The van der Waals surface area contributed by atoms with E-state index in [4.69, 9.17) is 9.84 Å². The van der Waals surface area contributed by atoms with Crippen LogP contribution in [-0.2, 0) is 19.7 Å². The van der Waals surface area contributed by atoms with Gasteiger partial charge in [0.2, 0.25) is 0 Å². The first-order chi connectivity index (χ1) is 9.31. The topological polar surface area (TPSA) is 41.5 Å². The van der Waals surface area contributed by atoms with Crippen molar-refractivity contribution in [1.82, 2.24) is 5.32 Å². The van der Waals surface area contributed by atoms with Gasteiger partial charge < -0.3 is 15.2 Å². The van der Waals surface area contributed by atoms with Gasteiger partial charge in [-0.25, -0.2) is 0 Å². The number of methoxy groups -OCH3 is 1. The zero-order chi connectivity index (χ0) is 13.5. The molecule has 0 aliphatic heterocycles. The summed E-state index contributed by atoms with van der Waals surface area (Å²) in [5.74, 6) is 0.876. The molecule has 0 unspecified atom stereocenters. The highest BCUT2D eigenvalue weighted by Crippen LogP contribution is 2.12. The molecule has 2 aromatic rings. The molecular weight excluding hydrogens is 238 g/mol. The van der Waals surface area contributed by atoms with E-state index in [9.17, 15) is 0 Å². The van der Waals surface area contributed by atoms with Crippen LogP contribution in [0.4, 0.5) is 0 Å². The lowest BCUT2D eigenvalue weighted by Gasteiger charge is -2.07. The van der Waals surface area contributed by atoms with Crippen LogP contribution in [-0.4, -0.2) is 12.2 Å². The van der Waals surface area contributed by atoms with Crippen molar-refractivity contribution in [3.63, 3.8) is 0 Å². The van der Waals surface area contributed by atoms with E-state index in [0.29, 0.717) is 0 Å². The maximum Gasteiger partial charge on any atom is 0.119 e. The van der Waals surface area contributed by atoms with E-state index in [-0.39, 0.29) is 6.61 Å². The van der Waals surface area contributed by atoms with Crippen molar-refractivity contribution < 1.29 is 9.84 Å². The summed E-state index contributed by atoms with van der Waals surface area (Å²) in [6.07, 6.45) is 0. The second-order valence-electron chi connectivity index (χ2n) is 4.43. The van der Waals surface area contributed by atoms with Crippen molar-refractivity contribution in [2.45, 2.75) is 19.7 Å². The third-order valence-electron chi connectivity index (χ3n) is 2.97. The van der Waals surface area contributed by atoms with Crippen LogP contribution in [0.1, 0.15) is 16.7 Å². The molecule has 0 spiro atoms. The second-order valence-corrected chi connectivity index (χ2v) is 4.43. The average molecular weight is 257 g/mol. The molecule has 0 aliphatic rings. The van der Waals surface area contributed by atoms with E-state index in [1.165, 1.54) is 11.1 Å². The van der Waals surface area contributed by atoms with Gasteiger partial charge in [-0.15, -0.1) is 0 Å². The van der Waals surface area contributed by atoms with Crippen LogP contribution < -0.4 is 10.1 Å². The predicted octanol–water partition coefficient (Wildman–Crippen LogP) is 2.48. The second kappa shape index (κ2) is 6.92. The van der Waals surface area contributed by atoms with Gasteiger partial charge in [0.05, 0.1) is 13.7 Å². The summed E-state index contributed by atoms with van der Waals surface area (Å²) < 4.78 is 5.19. The van der Waals surface area contributed by atoms with Crippen LogP contribution in [0.2, 0.25) is 0 Å². The molecule has 0 aliphatic carbocycles. The van der Waals surface area contributed by atoms with Crippen molar-refractivity contribution in [2.24, 2.45) is 0 Å². The Bertz CT molecular complexity index is 478. The molecule has 2 aromatic carbocycles. The van der Waals surface area contributed by atoms with Gasteiger partial charge in [-0.05, 0) is 28.8 Å². The van der Waals surface area contributed by atoms with Crippen molar-refractivity contribution in [3.8, 4) is 5.75 Å². The van der Waals surface area contributed by atoms with Gasteiger partial charge in [0.25, 0.3) is 0 Å². The number of nitrogens with one attached hydrogen (secondary N) is 1. The molecule has 0 fully saturated rings. The standard InChI is InChI=1S/C16H19NO2/c1-19-16-7-3-5-14(9-16)11-17-10-13-4-2-6-15(8-13)12-18/h2-9,17-18H,10-12H2,1H3. The van der Waals surface area contributed by atoms with E-state index in [2.05, 4.69) is 17.4 Å². The van der Waals surface area contributed by atoms with Gasteiger partial charge in [-0.1, -0.05) is 36.4 Å². The van der Waals surface area contributed by atoms with Gasteiger partial charge in [0.1, 0.15) is 5.75 Å². The summed E-state index contributed by atoms with van der Waals surface area (Å²) in [5, 5.41) is 12.5. The molecule has 0 saturated heterocycles. The van der Waals surface area contributed by atoms with Crippen LogP contribution in [0.5, 0.6) is 5.75 Å². The maximum atomic E-state index is 9.09. The number of aliphatic hydroxyl groups excluding tert-OH is 1. The Hall–Kier alpha value is -1.84. The van der Waals surface area contributed by atoms with E-state index in [1.54, 1.807) is 7.11 Å². The van der Waals surface area contributed by atoms with Crippen LogP contribution >= 0.6 is 0 Å². The molecule has 3 nitrogen and oxygen atoms in total. The van der Waals surface area contributed by atoms with Crippen LogP contribution in [0.25, 0.3) is 0 Å². The monoisotopic (exact) mass is 257 g/mol. The fraction of sp³-hybridized carbons (Fsp3) is 0.250. The molecular formula is C16H19NO2. The molecule has 100 valence electrons.